The first-order valence-corrected chi connectivity index (χ1v) is 6.14. The zero-order chi connectivity index (χ0) is 14.4. The third-order valence-corrected chi connectivity index (χ3v) is 2.67. The van der Waals surface area contributed by atoms with Crippen molar-refractivity contribution < 1.29 is 19.1 Å². The number of methoxy groups -OCH3 is 1. The number of carbonyl (C=O) groups is 2. The average molecular weight is 286 g/mol. The van der Waals surface area contributed by atoms with Gasteiger partial charge < -0.3 is 14.8 Å². The van der Waals surface area contributed by atoms with Gasteiger partial charge >= 0.3 is 5.97 Å². The molecule has 0 aromatic heterocycles. The number of nitrogens with one attached hydrogen (secondary N) is 1. The number of carbonyl (C=O) groups excluding carboxylic acids is 2. The van der Waals surface area contributed by atoms with Gasteiger partial charge in [0.1, 0.15) is 5.75 Å². The van der Waals surface area contributed by atoms with Crippen LogP contribution in [-0.2, 0) is 14.3 Å². The summed E-state index contributed by atoms with van der Waals surface area (Å²) in [6.07, 6.45) is 0. The van der Waals surface area contributed by atoms with Crippen molar-refractivity contribution in [1.29, 1.82) is 0 Å². The SMILES string of the molecule is CCOc1ccc(C(NC(C)=O)C(=O)OC)cc1Cl. The standard InChI is InChI=1S/C13H16ClNO4/c1-4-19-11-6-5-9(7-10(11)14)12(13(17)18-3)15-8(2)16/h5-7,12H,4H2,1-3H3,(H,15,16). The van der Waals surface area contributed by atoms with Crippen LogP contribution in [0.2, 0.25) is 5.02 Å². The molecule has 0 spiro atoms. The van der Waals surface area contributed by atoms with E-state index in [1.807, 2.05) is 6.92 Å². The predicted molar refractivity (Wildman–Crippen MR) is 71.2 cm³/mol. The third-order valence-electron chi connectivity index (χ3n) is 2.37. The molecule has 0 aliphatic carbocycles. The van der Waals surface area contributed by atoms with Crippen LogP contribution in [0.4, 0.5) is 0 Å². The Morgan fingerprint density at radius 2 is 2.11 bits per heavy atom. The maximum Gasteiger partial charge on any atom is 0.333 e. The molecular weight excluding hydrogens is 270 g/mol. The molecule has 0 aliphatic heterocycles. The molecule has 0 radical (unpaired) electrons. The second-order valence-electron chi connectivity index (χ2n) is 3.78. The molecule has 1 aromatic rings. The highest BCUT2D eigenvalue weighted by Crippen LogP contribution is 2.28. The number of esters is 1. The topological polar surface area (TPSA) is 64.6 Å². The van der Waals surface area contributed by atoms with Gasteiger partial charge in [0, 0.05) is 6.92 Å². The predicted octanol–water partition coefficient (Wildman–Crippen LogP) is 2.09. The first kappa shape index (κ1) is 15.3. The van der Waals surface area contributed by atoms with Crippen molar-refractivity contribution >= 4 is 23.5 Å². The minimum Gasteiger partial charge on any atom is -0.492 e. The molecule has 1 aromatic carbocycles. The summed E-state index contributed by atoms with van der Waals surface area (Å²) in [6, 6.07) is 4.01. The monoisotopic (exact) mass is 285 g/mol. The maximum absolute atomic E-state index is 11.7. The first-order valence-electron chi connectivity index (χ1n) is 5.76. The van der Waals surface area contributed by atoms with E-state index in [0.717, 1.165) is 0 Å². The minimum atomic E-state index is -0.879. The minimum absolute atomic E-state index is 0.333. The molecular formula is C13H16ClNO4. The quantitative estimate of drug-likeness (QED) is 0.842. The van der Waals surface area contributed by atoms with Crippen molar-refractivity contribution in [3.8, 4) is 5.75 Å². The number of benzene rings is 1. The Balaban J connectivity index is 3.05. The van der Waals surface area contributed by atoms with Crippen molar-refractivity contribution in [3.05, 3.63) is 28.8 Å². The summed E-state index contributed by atoms with van der Waals surface area (Å²) < 4.78 is 9.96. The van der Waals surface area contributed by atoms with E-state index < -0.39 is 12.0 Å². The second kappa shape index (κ2) is 6.99. The number of hydrogen-bond acceptors (Lipinski definition) is 4. The molecule has 1 rings (SSSR count). The van der Waals surface area contributed by atoms with Gasteiger partial charge in [0.05, 0.1) is 18.7 Å². The lowest BCUT2D eigenvalue weighted by atomic mass is 10.1. The van der Waals surface area contributed by atoms with E-state index in [0.29, 0.717) is 22.9 Å². The Bertz CT molecular complexity index is 476. The number of hydrogen-bond donors (Lipinski definition) is 1. The molecule has 0 saturated carbocycles. The summed E-state index contributed by atoms with van der Waals surface area (Å²) in [6.45, 7) is 3.66. The van der Waals surface area contributed by atoms with Crippen molar-refractivity contribution in [3.63, 3.8) is 0 Å². The van der Waals surface area contributed by atoms with E-state index in [9.17, 15) is 9.59 Å². The largest absolute Gasteiger partial charge is 0.492 e. The molecule has 0 aliphatic rings. The molecule has 5 nitrogen and oxygen atoms in total. The maximum atomic E-state index is 11.7. The number of amides is 1. The summed E-state index contributed by atoms with van der Waals surface area (Å²) in [4.78, 5) is 22.8. The number of ether oxygens (including phenoxy) is 2. The lowest BCUT2D eigenvalue weighted by Gasteiger charge is -2.17. The molecule has 1 N–H and O–H groups in total. The van der Waals surface area contributed by atoms with E-state index in [1.54, 1.807) is 18.2 Å². The zero-order valence-electron chi connectivity index (χ0n) is 11.0. The molecule has 1 atom stereocenters. The van der Waals surface area contributed by atoms with Gasteiger partial charge in [-0.1, -0.05) is 17.7 Å². The van der Waals surface area contributed by atoms with E-state index in [4.69, 9.17) is 16.3 Å². The summed E-state index contributed by atoms with van der Waals surface area (Å²) in [5.41, 5.74) is 0.538. The van der Waals surface area contributed by atoms with Crippen LogP contribution >= 0.6 is 11.6 Å². The lowest BCUT2D eigenvalue weighted by Crippen LogP contribution is -2.32. The van der Waals surface area contributed by atoms with Crippen LogP contribution in [0.25, 0.3) is 0 Å². The highest BCUT2D eigenvalue weighted by molar-refractivity contribution is 6.32. The van der Waals surface area contributed by atoms with E-state index in [2.05, 4.69) is 10.1 Å². The van der Waals surface area contributed by atoms with Crippen LogP contribution in [0.3, 0.4) is 0 Å². The fourth-order valence-corrected chi connectivity index (χ4v) is 1.81. The molecule has 0 saturated heterocycles. The second-order valence-corrected chi connectivity index (χ2v) is 4.19. The first-order chi connectivity index (χ1) is 8.99. The fraction of sp³-hybridized carbons (Fsp3) is 0.385. The van der Waals surface area contributed by atoms with Gasteiger partial charge in [-0.3, -0.25) is 4.79 Å². The number of halogens is 1. The van der Waals surface area contributed by atoms with Crippen molar-refractivity contribution in [2.75, 3.05) is 13.7 Å². The Labute approximate surface area is 116 Å². The van der Waals surface area contributed by atoms with Gasteiger partial charge in [-0.25, -0.2) is 4.79 Å². The molecule has 1 amide bonds. The lowest BCUT2D eigenvalue weighted by molar-refractivity contribution is -0.145. The molecule has 6 heteroatoms. The summed E-state index contributed by atoms with van der Waals surface area (Å²) in [5, 5.41) is 2.89. The van der Waals surface area contributed by atoms with Gasteiger partial charge in [-0.05, 0) is 24.6 Å². The van der Waals surface area contributed by atoms with Gasteiger partial charge in [0.2, 0.25) is 5.91 Å². The molecule has 104 valence electrons. The Morgan fingerprint density at radius 3 is 2.58 bits per heavy atom. The van der Waals surface area contributed by atoms with Crippen LogP contribution in [0, 0.1) is 0 Å². The molecule has 19 heavy (non-hydrogen) atoms. The zero-order valence-corrected chi connectivity index (χ0v) is 11.8. The van der Waals surface area contributed by atoms with E-state index in [1.165, 1.54) is 14.0 Å². The van der Waals surface area contributed by atoms with E-state index in [-0.39, 0.29) is 5.91 Å². The van der Waals surface area contributed by atoms with Crippen LogP contribution in [0.1, 0.15) is 25.5 Å². The highest BCUT2D eigenvalue weighted by Gasteiger charge is 2.23. The van der Waals surface area contributed by atoms with Gasteiger partial charge in [0.15, 0.2) is 6.04 Å². The Hall–Kier alpha value is -1.75. The van der Waals surface area contributed by atoms with Crippen LogP contribution in [-0.4, -0.2) is 25.6 Å². The van der Waals surface area contributed by atoms with Crippen LogP contribution < -0.4 is 10.1 Å². The van der Waals surface area contributed by atoms with Gasteiger partial charge in [-0.15, -0.1) is 0 Å². The van der Waals surface area contributed by atoms with Crippen molar-refractivity contribution in [1.82, 2.24) is 5.32 Å². The molecule has 0 fully saturated rings. The summed E-state index contributed by atoms with van der Waals surface area (Å²) >= 11 is 6.05. The van der Waals surface area contributed by atoms with Crippen LogP contribution in [0.15, 0.2) is 18.2 Å². The smallest absolute Gasteiger partial charge is 0.333 e. The summed E-state index contributed by atoms with van der Waals surface area (Å²) in [7, 11) is 1.26. The molecule has 1 unspecified atom stereocenters. The molecule has 0 heterocycles. The van der Waals surface area contributed by atoms with Crippen molar-refractivity contribution in [2.45, 2.75) is 19.9 Å². The fourth-order valence-electron chi connectivity index (χ4n) is 1.57. The Kier molecular flexibility index (Phi) is 5.63. The number of rotatable bonds is 5. The average Bonchev–Trinajstić information content (AvgIpc) is 2.37. The van der Waals surface area contributed by atoms with Gasteiger partial charge in [0.25, 0.3) is 0 Å². The highest BCUT2D eigenvalue weighted by atomic mass is 35.5. The Morgan fingerprint density at radius 1 is 1.42 bits per heavy atom. The third kappa shape index (κ3) is 4.13. The van der Waals surface area contributed by atoms with Crippen molar-refractivity contribution in [2.24, 2.45) is 0 Å². The van der Waals surface area contributed by atoms with Crippen LogP contribution in [0.5, 0.6) is 5.75 Å². The normalized spacial score (nSPS) is 11.6. The molecule has 0 bridgehead atoms. The van der Waals surface area contributed by atoms with E-state index >= 15 is 0 Å². The summed E-state index contributed by atoms with van der Waals surface area (Å²) in [5.74, 6) is -0.366. The van der Waals surface area contributed by atoms with Gasteiger partial charge in [-0.2, -0.15) is 0 Å².